The highest BCUT2D eigenvalue weighted by atomic mass is 16.6. The Morgan fingerprint density at radius 1 is 1.17 bits per heavy atom. The average Bonchev–Trinajstić information content (AvgIpc) is 2.60. The molecule has 0 heterocycles. The number of nitriles is 2. The number of nitro benzene ring substituents is 1. The number of nitro groups is 1. The van der Waals surface area contributed by atoms with E-state index in [4.69, 9.17) is 15.3 Å². The summed E-state index contributed by atoms with van der Waals surface area (Å²) >= 11 is 0. The third-order valence-electron chi connectivity index (χ3n) is 3.05. The first kappa shape index (κ1) is 16.5. The van der Waals surface area contributed by atoms with Gasteiger partial charge in [-0.05, 0) is 18.2 Å². The van der Waals surface area contributed by atoms with Crippen LogP contribution in [-0.2, 0) is 4.74 Å². The first-order valence-electron chi connectivity index (χ1n) is 6.49. The van der Waals surface area contributed by atoms with E-state index in [-0.39, 0.29) is 28.2 Å². The van der Waals surface area contributed by atoms with Gasteiger partial charge in [0.15, 0.2) is 5.75 Å². The van der Waals surface area contributed by atoms with Crippen LogP contribution in [0, 0.1) is 32.8 Å². The highest BCUT2D eigenvalue weighted by Crippen LogP contribution is 2.35. The molecule has 0 atom stereocenters. The molecule has 0 bridgehead atoms. The second-order valence-electron chi connectivity index (χ2n) is 4.44. The van der Waals surface area contributed by atoms with Gasteiger partial charge in [-0.25, -0.2) is 4.79 Å². The lowest BCUT2D eigenvalue weighted by Gasteiger charge is -2.10. The minimum absolute atomic E-state index is 0.0334. The summed E-state index contributed by atoms with van der Waals surface area (Å²) in [5.41, 5.74) is -0.316. The number of esters is 1. The molecular weight excluding hydrogens is 314 g/mol. The summed E-state index contributed by atoms with van der Waals surface area (Å²) < 4.78 is 10.0. The van der Waals surface area contributed by atoms with E-state index in [2.05, 4.69) is 4.74 Å². The van der Waals surface area contributed by atoms with Gasteiger partial charge in [-0.1, -0.05) is 6.07 Å². The van der Waals surface area contributed by atoms with Crippen molar-refractivity contribution in [1.29, 1.82) is 10.5 Å². The Labute approximate surface area is 136 Å². The van der Waals surface area contributed by atoms with Crippen LogP contribution in [0.25, 0.3) is 0 Å². The molecule has 0 spiro atoms. The highest BCUT2D eigenvalue weighted by molar-refractivity contribution is 5.90. The van der Waals surface area contributed by atoms with Gasteiger partial charge in [-0.15, -0.1) is 0 Å². The summed E-state index contributed by atoms with van der Waals surface area (Å²) in [6.07, 6.45) is 0. The highest BCUT2D eigenvalue weighted by Gasteiger charge is 2.21. The van der Waals surface area contributed by atoms with Crippen molar-refractivity contribution in [3.63, 3.8) is 0 Å². The first-order chi connectivity index (χ1) is 11.5. The van der Waals surface area contributed by atoms with E-state index in [0.29, 0.717) is 0 Å². The van der Waals surface area contributed by atoms with E-state index in [1.165, 1.54) is 31.4 Å². The van der Waals surface area contributed by atoms with Crippen LogP contribution in [0.1, 0.15) is 21.5 Å². The molecule has 0 aliphatic rings. The Morgan fingerprint density at radius 3 is 2.29 bits per heavy atom. The van der Waals surface area contributed by atoms with Crippen molar-refractivity contribution in [2.45, 2.75) is 0 Å². The van der Waals surface area contributed by atoms with E-state index in [0.717, 1.165) is 12.1 Å². The van der Waals surface area contributed by atoms with Crippen LogP contribution in [0.15, 0.2) is 36.4 Å². The fourth-order valence-corrected chi connectivity index (χ4v) is 1.92. The van der Waals surface area contributed by atoms with Crippen molar-refractivity contribution >= 4 is 11.7 Å². The number of nitrogens with zero attached hydrogens (tertiary/aromatic N) is 3. The Bertz CT molecular complexity index is 877. The van der Waals surface area contributed by atoms with Crippen LogP contribution in [0.5, 0.6) is 11.5 Å². The molecule has 2 aromatic carbocycles. The fraction of sp³-hybridized carbons (Fsp3) is 0.0625. The third-order valence-corrected chi connectivity index (χ3v) is 3.05. The molecule has 118 valence electrons. The van der Waals surface area contributed by atoms with Gasteiger partial charge in [0.25, 0.3) is 0 Å². The van der Waals surface area contributed by atoms with Gasteiger partial charge in [0.2, 0.25) is 5.75 Å². The first-order valence-corrected chi connectivity index (χ1v) is 6.49. The molecule has 0 saturated heterocycles. The van der Waals surface area contributed by atoms with Gasteiger partial charge in [0.05, 0.1) is 28.7 Å². The van der Waals surface area contributed by atoms with E-state index in [1.54, 1.807) is 0 Å². The lowest BCUT2D eigenvalue weighted by molar-refractivity contribution is -0.385. The van der Waals surface area contributed by atoms with Gasteiger partial charge in [0.1, 0.15) is 12.1 Å². The fourth-order valence-electron chi connectivity index (χ4n) is 1.92. The molecule has 0 fully saturated rings. The molecule has 2 aromatic rings. The molecule has 0 aliphatic heterocycles. The van der Waals surface area contributed by atoms with Gasteiger partial charge < -0.3 is 9.47 Å². The van der Waals surface area contributed by atoms with E-state index >= 15 is 0 Å². The quantitative estimate of drug-likeness (QED) is 0.481. The number of carbonyl (C=O) groups is 1. The van der Waals surface area contributed by atoms with Gasteiger partial charge in [0, 0.05) is 12.1 Å². The Kier molecular flexibility index (Phi) is 4.73. The second-order valence-corrected chi connectivity index (χ2v) is 4.44. The lowest BCUT2D eigenvalue weighted by Crippen LogP contribution is -2.03. The third kappa shape index (κ3) is 3.13. The zero-order valence-corrected chi connectivity index (χ0v) is 12.3. The average molecular weight is 323 g/mol. The van der Waals surface area contributed by atoms with Gasteiger partial charge in [-0.2, -0.15) is 10.5 Å². The second kappa shape index (κ2) is 6.90. The van der Waals surface area contributed by atoms with E-state index in [1.807, 2.05) is 12.1 Å². The van der Waals surface area contributed by atoms with Crippen LogP contribution in [0.4, 0.5) is 5.69 Å². The monoisotopic (exact) mass is 323 g/mol. The van der Waals surface area contributed by atoms with Crippen molar-refractivity contribution in [1.82, 2.24) is 0 Å². The number of ether oxygens (including phenoxy) is 2. The van der Waals surface area contributed by atoms with Crippen LogP contribution >= 0.6 is 0 Å². The summed E-state index contributed by atoms with van der Waals surface area (Å²) in [7, 11) is 1.17. The predicted molar refractivity (Wildman–Crippen MR) is 80.4 cm³/mol. The molecule has 0 N–H and O–H groups in total. The molecule has 0 saturated carbocycles. The minimum Gasteiger partial charge on any atom is -0.465 e. The summed E-state index contributed by atoms with van der Waals surface area (Å²) in [5, 5.41) is 29.4. The minimum atomic E-state index is -0.705. The maximum absolute atomic E-state index is 11.6. The summed E-state index contributed by atoms with van der Waals surface area (Å²) in [6, 6.07) is 11.4. The summed E-state index contributed by atoms with van der Waals surface area (Å²) in [6.45, 7) is 0. The van der Waals surface area contributed by atoms with Gasteiger partial charge in [-0.3, -0.25) is 10.1 Å². The SMILES string of the molecule is COC(=O)c1ccc([N+](=O)[O-])c(Oc2c(C#N)cccc2C#N)c1. The molecule has 8 nitrogen and oxygen atoms in total. The molecule has 2 rings (SSSR count). The van der Waals surface area contributed by atoms with Crippen molar-refractivity contribution in [3.8, 4) is 23.6 Å². The molecule has 0 radical (unpaired) electrons. The molecule has 0 amide bonds. The molecule has 0 aliphatic carbocycles. The van der Waals surface area contributed by atoms with Crippen LogP contribution in [0.2, 0.25) is 0 Å². The van der Waals surface area contributed by atoms with Crippen molar-refractivity contribution < 1.29 is 19.2 Å². The number of hydrogen-bond donors (Lipinski definition) is 0. The van der Waals surface area contributed by atoms with Crippen LogP contribution in [-0.4, -0.2) is 18.0 Å². The maximum Gasteiger partial charge on any atom is 0.337 e. The van der Waals surface area contributed by atoms with Crippen molar-refractivity contribution in [3.05, 3.63) is 63.2 Å². The Hall–Kier alpha value is -3.91. The zero-order chi connectivity index (χ0) is 17.7. The number of para-hydroxylation sites is 1. The smallest absolute Gasteiger partial charge is 0.337 e. The zero-order valence-electron chi connectivity index (χ0n) is 12.3. The number of methoxy groups -OCH3 is 1. The molecule has 24 heavy (non-hydrogen) atoms. The van der Waals surface area contributed by atoms with Crippen molar-refractivity contribution in [2.75, 3.05) is 7.11 Å². The number of rotatable bonds is 4. The van der Waals surface area contributed by atoms with Gasteiger partial charge >= 0.3 is 11.7 Å². The largest absolute Gasteiger partial charge is 0.465 e. The molecular formula is C16H9N3O5. The normalized spacial score (nSPS) is 9.46. The topological polar surface area (TPSA) is 126 Å². The van der Waals surface area contributed by atoms with Crippen LogP contribution < -0.4 is 4.74 Å². The Morgan fingerprint density at radius 2 is 1.79 bits per heavy atom. The number of benzene rings is 2. The Balaban J connectivity index is 2.61. The van der Waals surface area contributed by atoms with Crippen molar-refractivity contribution in [2.24, 2.45) is 0 Å². The van der Waals surface area contributed by atoms with E-state index in [9.17, 15) is 14.9 Å². The standard InChI is InChI=1S/C16H9N3O5/c1-23-16(20)10-5-6-13(19(21)22)14(7-10)24-15-11(8-17)3-2-4-12(15)9-18/h2-7H,1H3. The maximum atomic E-state index is 11.6. The predicted octanol–water partition coefficient (Wildman–Crippen LogP) is 2.92. The molecule has 8 heteroatoms. The van der Waals surface area contributed by atoms with E-state index < -0.39 is 16.6 Å². The number of hydrogen-bond acceptors (Lipinski definition) is 7. The molecule has 0 unspecified atom stereocenters. The summed E-state index contributed by atoms with van der Waals surface area (Å²) in [5.74, 6) is -1.10. The number of carbonyl (C=O) groups excluding carboxylic acids is 1. The summed E-state index contributed by atoms with van der Waals surface area (Å²) in [4.78, 5) is 22.0. The molecule has 0 aromatic heterocycles. The van der Waals surface area contributed by atoms with Crippen LogP contribution in [0.3, 0.4) is 0 Å². The lowest BCUT2D eigenvalue weighted by atomic mass is 10.1.